The number of fused-ring (bicyclic) bond motifs is 2. The van der Waals surface area contributed by atoms with E-state index in [0.717, 1.165) is 16.8 Å². The standard InChI is InChI=1S/C27H29N7O4S/c1-4-24(35)33-14-13-23(21-7-5-6-8-22(21)33)34-16-19-15-29-26(31-25(19)32(3)27(34)36)30-20-11-9-18(10-12-20)17-39(37,38)28-2/h4-12,15,23,28H,1,13-14,16-17H2,2-3H3,(H,29,30,31). The molecule has 2 N–H and O–H groups in total. The molecule has 0 bridgehead atoms. The Labute approximate surface area is 227 Å². The summed E-state index contributed by atoms with van der Waals surface area (Å²) in [5, 5.41) is 3.12. The highest BCUT2D eigenvalue weighted by Gasteiger charge is 2.38. The maximum Gasteiger partial charge on any atom is 0.326 e. The van der Waals surface area contributed by atoms with Gasteiger partial charge in [-0.1, -0.05) is 36.9 Å². The number of benzene rings is 2. The zero-order valence-electron chi connectivity index (χ0n) is 21.7. The Hall–Kier alpha value is -4.29. The average molecular weight is 548 g/mol. The van der Waals surface area contributed by atoms with Crippen LogP contribution in [0.1, 0.15) is 29.2 Å². The molecule has 11 nitrogen and oxygen atoms in total. The molecule has 0 spiro atoms. The van der Waals surface area contributed by atoms with Crippen LogP contribution in [0, 0.1) is 0 Å². The third-order valence-electron chi connectivity index (χ3n) is 6.94. The van der Waals surface area contributed by atoms with Gasteiger partial charge in [0.05, 0.1) is 18.3 Å². The Morgan fingerprint density at radius 2 is 1.92 bits per heavy atom. The van der Waals surface area contributed by atoms with E-state index in [1.807, 2.05) is 24.3 Å². The summed E-state index contributed by atoms with van der Waals surface area (Å²) in [6.07, 6.45) is 3.60. The molecular weight excluding hydrogens is 518 g/mol. The number of para-hydroxylation sites is 1. The van der Waals surface area contributed by atoms with Crippen LogP contribution in [0.2, 0.25) is 0 Å². The lowest BCUT2D eigenvalue weighted by Crippen LogP contribution is -2.49. The summed E-state index contributed by atoms with van der Waals surface area (Å²) in [6, 6.07) is 14.2. The second-order valence-corrected chi connectivity index (χ2v) is 11.3. The Bertz CT molecular complexity index is 1540. The van der Waals surface area contributed by atoms with E-state index in [9.17, 15) is 18.0 Å². The Balaban J connectivity index is 1.36. The summed E-state index contributed by atoms with van der Waals surface area (Å²) in [6.45, 7) is 4.43. The molecule has 2 aromatic carbocycles. The molecule has 3 amide bonds. The van der Waals surface area contributed by atoms with Crippen LogP contribution < -0.4 is 19.8 Å². The van der Waals surface area contributed by atoms with E-state index in [2.05, 4.69) is 26.6 Å². The SMILES string of the molecule is C=CC(=O)N1CCC(N2Cc3cnc(Nc4ccc(CS(=O)(=O)NC)cc4)nc3N(C)C2=O)c2ccccc21. The molecule has 1 atom stereocenters. The van der Waals surface area contributed by atoms with Gasteiger partial charge in [-0.25, -0.2) is 22.9 Å². The van der Waals surface area contributed by atoms with Crippen molar-refractivity contribution in [3.63, 3.8) is 0 Å². The van der Waals surface area contributed by atoms with E-state index >= 15 is 0 Å². The molecule has 2 aliphatic rings. The molecule has 1 unspecified atom stereocenters. The number of nitrogens with one attached hydrogen (secondary N) is 2. The van der Waals surface area contributed by atoms with Crippen LogP contribution in [0.4, 0.5) is 27.9 Å². The van der Waals surface area contributed by atoms with Crippen molar-refractivity contribution in [1.29, 1.82) is 0 Å². The first-order valence-corrected chi connectivity index (χ1v) is 14.1. The molecule has 2 aliphatic heterocycles. The Morgan fingerprint density at radius 3 is 2.64 bits per heavy atom. The minimum Gasteiger partial charge on any atom is -0.324 e. The summed E-state index contributed by atoms with van der Waals surface area (Å²) in [7, 11) is -0.294. The fraction of sp³-hybridized carbons (Fsp3) is 0.259. The van der Waals surface area contributed by atoms with Gasteiger partial charge in [-0.3, -0.25) is 9.69 Å². The topological polar surface area (TPSA) is 128 Å². The molecular formula is C27H29N7O4S. The first-order valence-electron chi connectivity index (χ1n) is 12.4. The van der Waals surface area contributed by atoms with Crippen LogP contribution in [-0.2, 0) is 27.1 Å². The van der Waals surface area contributed by atoms with Crippen molar-refractivity contribution >= 4 is 45.1 Å². The lowest BCUT2D eigenvalue weighted by atomic mass is 9.94. The lowest BCUT2D eigenvalue weighted by molar-refractivity contribution is -0.114. The number of hydrogen-bond donors (Lipinski definition) is 2. The van der Waals surface area contributed by atoms with Gasteiger partial charge < -0.3 is 15.1 Å². The predicted octanol–water partition coefficient (Wildman–Crippen LogP) is 3.31. The number of carbonyl (C=O) groups is 2. The van der Waals surface area contributed by atoms with E-state index in [1.165, 1.54) is 18.0 Å². The van der Waals surface area contributed by atoms with Crippen LogP contribution in [0.5, 0.6) is 0 Å². The van der Waals surface area contributed by atoms with Crippen molar-refractivity contribution in [2.24, 2.45) is 0 Å². The number of sulfonamides is 1. The highest BCUT2D eigenvalue weighted by Crippen LogP contribution is 2.41. The monoisotopic (exact) mass is 547 g/mol. The number of nitrogens with zero attached hydrogens (tertiary/aromatic N) is 5. The van der Waals surface area contributed by atoms with Crippen molar-refractivity contribution in [2.45, 2.75) is 24.8 Å². The molecule has 0 aliphatic carbocycles. The minimum atomic E-state index is -3.36. The summed E-state index contributed by atoms with van der Waals surface area (Å²) in [5.41, 5.74) is 3.83. The zero-order valence-corrected chi connectivity index (χ0v) is 22.5. The van der Waals surface area contributed by atoms with E-state index in [4.69, 9.17) is 0 Å². The summed E-state index contributed by atoms with van der Waals surface area (Å²) < 4.78 is 25.9. The predicted molar refractivity (Wildman–Crippen MR) is 149 cm³/mol. The van der Waals surface area contributed by atoms with Gasteiger partial charge in [0.25, 0.3) is 0 Å². The summed E-state index contributed by atoms with van der Waals surface area (Å²) in [4.78, 5) is 40.0. The van der Waals surface area contributed by atoms with Crippen LogP contribution in [-0.4, -0.2) is 55.9 Å². The van der Waals surface area contributed by atoms with Crippen molar-refractivity contribution in [1.82, 2.24) is 19.6 Å². The van der Waals surface area contributed by atoms with Crippen LogP contribution >= 0.6 is 0 Å². The second kappa shape index (κ2) is 10.5. The molecule has 3 heterocycles. The quantitative estimate of drug-likeness (QED) is 0.435. The molecule has 202 valence electrons. The van der Waals surface area contributed by atoms with E-state index in [0.29, 0.717) is 42.5 Å². The molecule has 39 heavy (non-hydrogen) atoms. The average Bonchev–Trinajstić information content (AvgIpc) is 2.95. The highest BCUT2D eigenvalue weighted by atomic mass is 32.2. The number of carbonyl (C=O) groups excluding carboxylic acids is 2. The van der Waals surface area contributed by atoms with Gasteiger partial charge in [-0.2, -0.15) is 4.98 Å². The van der Waals surface area contributed by atoms with Gasteiger partial charge in [0.2, 0.25) is 21.9 Å². The van der Waals surface area contributed by atoms with E-state index in [1.54, 1.807) is 47.3 Å². The first kappa shape index (κ1) is 26.3. The smallest absolute Gasteiger partial charge is 0.324 e. The number of hydrogen-bond acceptors (Lipinski definition) is 7. The van der Waals surface area contributed by atoms with Crippen molar-refractivity contribution < 1.29 is 18.0 Å². The highest BCUT2D eigenvalue weighted by molar-refractivity contribution is 7.88. The van der Waals surface area contributed by atoms with Gasteiger partial charge >= 0.3 is 6.03 Å². The van der Waals surface area contributed by atoms with Crippen molar-refractivity contribution in [3.05, 3.63) is 84.1 Å². The van der Waals surface area contributed by atoms with E-state index in [-0.39, 0.29) is 23.7 Å². The molecule has 0 saturated heterocycles. The first-order chi connectivity index (χ1) is 18.7. The molecule has 3 aromatic rings. The second-order valence-electron chi connectivity index (χ2n) is 9.35. The number of urea groups is 1. The fourth-order valence-electron chi connectivity index (χ4n) is 4.95. The fourth-order valence-corrected chi connectivity index (χ4v) is 5.72. The van der Waals surface area contributed by atoms with Crippen LogP contribution in [0.3, 0.4) is 0 Å². The van der Waals surface area contributed by atoms with Gasteiger partial charge in [-0.15, -0.1) is 0 Å². The third-order valence-corrected chi connectivity index (χ3v) is 8.28. The molecule has 0 saturated carbocycles. The zero-order chi connectivity index (χ0) is 27.7. The molecule has 12 heteroatoms. The number of amides is 3. The number of anilines is 4. The summed E-state index contributed by atoms with van der Waals surface area (Å²) in [5.74, 6) is 0.549. The third kappa shape index (κ3) is 5.20. The van der Waals surface area contributed by atoms with Gasteiger partial charge in [-0.05, 0) is 48.9 Å². The summed E-state index contributed by atoms with van der Waals surface area (Å²) >= 11 is 0. The molecule has 0 fully saturated rings. The largest absolute Gasteiger partial charge is 0.326 e. The normalized spacial score (nSPS) is 16.9. The Kier molecular flexibility index (Phi) is 7.06. The van der Waals surface area contributed by atoms with Crippen LogP contribution in [0.15, 0.2) is 67.4 Å². The van der Waals surface area contributed by atoms with Gasteiger partial charge in [0, 0.05) is 36.7 Å². The molecule has 5 rings (SSSR count). The van der Waals surface area contributed by atoms with Crippen molar-refractivity contribution in [2.75, 3.05) is 35.8 Å². The minimum absolute atomic E-state index is 0.114. The molecule has 0 radical (unpaired) electrons. The maximum absolute atomic E-state index is 13.5. The van der Waals surface area contributed by atoms with E-state index < -0.39 is 10.0 Å². The van der Waals surface area contributed by atoms with Gasteiger partial charge in [0.1, 0.15) is 5.82 Å². The molecule has 1 aromatic heterocycles. The number of aromatic nitrogens is 2. The van der Waals surface area contributed by atoms with Crippen molar-refractivity contribution in [3.8, 4) is 0 Å². The van der Waals surface area contributed by atoms with Gasteiger partial charge in [0.15, 0.2) is 0 Å². The van der Waals surface area contributed by atoms with Crippen LogP contribution in [0.25, 0.3) is 0 Å². The lowest BCUT2D eigenvalue weighted by Gasteiger charge is -2.43. The number of rotatable bonds is 7. The Morgan fingerprint density at radius 1 is 1.18 bits per heavy atom. The maximum atomic E-state index is 13.5.